The topological polar surface area (TPSA) is 58.6 Å². The Labute approximate surface area is 146 Å². The van der Waals surface area contributed by atoms with Gasteiger partial charge in [-0.15, -0.1) is 0 Å². The Bertz CT molecular complexity index is 671. The molecule has 2 rings (SSSR count). The molecule has 2 aromatic rings. The van der Waals surface area contributed by atoms with Crippen molar-refractivity contribution in [3.63, 3.8) is 0 Å². The number of hydrogen-bond acceptors (Lipinski definition) is 4. The summed E-state index contributed by atoms with van der Waals surface area (Å²) >= 11 is 1.49. The fourth-order valence-electron chi connectivity index (χ4n) is 2.31. The Morgan fingerprint density at radius 3 is 2.75 bits per heavy atom. The van der Waals surface area contributed by atoms with Crippen LogP contribution >= 0.6 is 11.3 Å². The summed E-state index contributed by atoms with van der Waals surface area (Å²) in [7, 11) is 3.40. The molecule has 0 fully saturated rings. The van der Waals surface area contributed by atoms with E-state index in [9.17, 15) is 9.59 Å². The molecule has 0 aliphatic heterocycles. The molecule has 1 aromatic heterocycles. The number of ether oxygens (including phenoxy) is 1. The van der Waals surface area contributed by atoms with E-state index in [-0.39, 0.29) is 11.8 Å². The van der Waals surface area contributed by atoms with E-state index in [1.54, 1.807) is 25.1 Å². The fourth-order valence-corrected chi connectivity index (χ4v) is 2.94. The highest BCUT2D eigenvalue weighted by Crippen LogP contribution is 2.19. The summed E-state index contributed by atoms with van der Waals surface area (Å²) in [6, 6.07) is 9.44. The molecule has 128 valence electrons. The van der Waals surface area contributed by atoms with E-state index >= 15 is 0 Å². The third-order valence-electron chi connectivity index (χ3n) is 3.66. The lowest BCUT2D eigenvalue weighted by Crippen LogP contribution is -2.28. The largest absolute Gasteiger partial charge is 0.496 e. The molecule has 6 heteroatoms. The number of hydrogen-bond donors (Lipinski definition) is 1. The molecule has 0 atom stereocenters. The maximum Gasteiger partial charge on any atom is 0.252 e. The van der Waals surface area contributed by atoms with E-state index in [2.05, 4.69) is 5.32 Å². The normalized spacial score (nSPS) is 10.2. The van der Waals surface area contributed by atoms with Crippen molar-refractivity contribution in [2.24, 2.45) is 0 Å². The maximum absolute atomic E-state index is 12.2. The smallest absolute Gasteiger partial charge is 0.252 e. The van der Waals surface area contributed by atoms with Gasteiger partial charge in [-0.3, -0.25) is 9.59 Å². The second-order valence-corrected chi connectivity index (χ2v) is 6.21. The van der Waals surface area contributed by atoms with E-state index in [4.69, 9.17) is 4.74 Å². The molecule has 0 saturated carbocycles. The number of rotatable bonds is 8. The number of carbonyl (C=O) groups excluding carboxylic acids is 2. The summed E-state index contributed by atoms with van der Waals surface area (Å²) < 4.78 is 5.30. The van der Waals surface area contributed by atoms with Crippen LogP contribution in [-0.2, 0) is 11.3 Å². The molecule has 5 nitrogen and oxygen atoms in total. The van der Waals surface area contributed by atoms with Gasteiger partial charge in [-0.2, -0.15) is 11.3 Å². The second kappa shape index (κ2) is 9.08. The molecule has 0 bridgehead atoms. The lowest BCUT2D eigenvalue weighted by molar-refractivity contribution is -0.130. The Morgan fingerprint density at radius 2 is 2.04 bits per heavy atom. The lowest BCUT2D eigenvalue weighted by Gasteiger charge is -2.19. The number of nitrogens with one attached hydrogen (secondary N) is 1. The van der Waals surface area contributed by atoms with Crippen molar-refractivity contribution in [1.29, 1.82) is 0 Å². The standard InChI is InChI=1S/C18H22N2O3S/c1-20(12-14-6-3-4-7-16(14)23-2)17(21)8-5-10-19-18(22)15-9-11-24-13-15/h3-4,6-7,9,11,13H,5,8,10,12H2,1-2H3,(H,19,22). The minimum atomic E-state index is -0.0916. The van der Waals surface area contributed by atoms with Gasteiger partial charge in [0, 0.05) is 43.1 Å². The van der Waals surface area contributed by atoms with Crippen LogP contribution in [0.25, 0.3) is 0 Å². The first-order valence-corrected chi connectivity index (χ1v) is 8.72. The van der Waals surface area contributed by atoms with Gasteiger partial charge < -0.3 is 15.0 Å². The predicted octanol–water partition coefficient (Wildman–Crippen LogP) is 2.93. The Kier molecular flexibility index (Phi) is 6.81. The summed E-state index contributed by atoms with van der Waals surface area (Å²) in [5.41, 5.74) is 1.64. The first kappa shape index (κ1) is 18.0. The lowest BCUT2D eigenvalue weighted by atomic mass is 10.2. The summed E-state index contributed by atoms with van der Waals surface area (Å²) in [6.07, 6.45) is 1.01. The molecule has 2 amide bonds. The highest BCUT2D eigenvalue weighted by molar-refractivity contribution is 7.08. The fraction of sp³-hybridized carbons (Fsp3) is 0.333. The Morgan fingerprint density at radius 1 is 1.25 bits per heavy atom. The molecule has 1 aromatic carbocycles. The van der Waals surface area contributed by atoms with Gasteiger partial charge in [0.25, 0.3) is 5.91 Å². The third kappa shape index (κ3) is 5.09. The first-order chi connectivity index (χ1) is 11.6. The molecule has 0 aliphatic carbocycles. The number of thiophene rings is 1. The molecule has 1 heterocycles. The van der Waals surface area contributed by atoms with Crippen LogP contribution in [0, 0.1) is 0 Å². The van der Waals surface area contributed by atoms with E-state index in [1.807, 2.05) is 35.0 Å². The van der Waals surface area contributed by atoms with Crippen LogP contribution in [-0.4, -0.2) is 37.4 Å². The summed E-state index contributed by atoms with van der Waals surface area (Å²) in [5, 5.41) is 6.50. The average Bonchev–Trinajstić information content (AvgIpc) is 3.13. The summed E-state index contributed by atoms with van der Waals surface area (Å²) in [5.74, 6) is 0.733. The van der Waals surface area contributed by atoms with E-state index in [1.165, 1.54) is 11.3 Å². The monoisotopic (exact) mass is 346 g/mol. The SMILES string of the molecule is COc1ccccc1CN(C)C(=O)CCCNC(=O)c1ccsc1. The van der Waals surface area contributed by atoms with Crippen LogP contribution in [0.5, 0.6) is 5.75 Å². The van der Waals surface area contributed by atoms with Gasteiger partial charge in [0.15, 0.2) is 0 Å². The minimum absolute atomic E-state index is 0.0469. The zero-order valence-corrected chi connectivity index (χ0v) is 14.8. The number of methoxy groups -OCH3 is 1. The molecule has 0 saturated heterocycles. The van der Waals surface area contributed by atoms with Crippen molar-refractivity contribution in [1.82, 2.24) is 10.2 Å². The van der Waals surface area contributed by atoms with Gasteiger partial charge in [-0.1, -0.05) is 18.2 Å². The van der Waals surface area contributed by atoms with Gasteiger partial charge in [-0.25, -0.2) is 0 Å². The summed E-state index contributed by atoms with van der Waals surface area (Å²) in [4.78, 5) is 25.7. The summed E-state index contributed by atoms with van der Waals surface area (Å²) in [6.45, 7) is 0.993. The third-order valence-corrected chi connectivity index (χ3v) is 4.35. The van der Waals surface area contributed by atoms with Crippen LogP contribution < -0.4 is 10.1 Å². The number of nitrogens with zero attached hydrogens (tertiary/aromatic N) is 1. The Hall–Kier alpha value is -2.34. The zero-order chi connectivity index (χ0) is 17.4. The van der Waals surface area contributed by atoms with Crippen LogP contribution in [0.2, 0.25) is 0 Å². The van der Waals surface area contributed by atoms with Crippen molar-refractivity contribution in [3.05, 3.63) is 52.2 Å². The maximum atomic E-state index is 12.2. The molecule has 0 radical (unpaired) electrons. The molecular weight excluding hydrogens is 324 g/mol. The van der Waals surface area contributed by atoms with Crippen LogP contribution in [0.4, 0.5) is 0 Å². The van der Waals surface area contributed by atoms with Gasteiger partial charge >= 0.3 is 0 Å². The molecule has 1 N–H and O–H groups in total. The molecule has 0 aliphatic rings. The number of para-hydroxylation sites is 1. The quantitative estimate of drug-likeness (QED) is 0.748. The molecule has 0 spiro atoms. The van der Waals surface area contributed by atoms with Crippen LogP contribution in [0.3, 0.4) is 0 Å². The van der Waals surface area contributed by atoms with Crippen molar-refractivity contribution in [2.75, 3.05) is 20.7 Å². The van der Waals surface area contributed by atoms with Crippen molar-refractivity contribution < 1.29 is 14.3 Å². The van der Waals surface area contributed by atoms with Crippen molar-refractivity contribution in [2.45, 2.75) is 19.4 Å². The highest BCUT2D eigenvalue weighted by atomic mass is 32.1. The van der Waals surface area contributed by atoms with Gasteiger partial charge in [0.05, 0.1) is 7.11 Å². The molecule has 0 unspecified atom stereocenters. The molecular formula is C18H22N2O3S. The number of benzene rings is 1. The van der Waals surface area contributed by atoms with E-state index in [0.717, 1.165) is 11.3 Å². The number of amides is 2. The average molecular weight is 346 g/mol. The Balaban J connectivity index is 1.73. The van der Waals surface area contributed by atoms with Gasteiger partial charge in [-0.05, 0) is 23.9 Å². The van der Waals surface area contributed by atoms with Crippen molar-refractivity contribution >= 4 is 23.2 Å². The van der Waals surface area contributed by atoms with Gasteiger partial charge in [0.2, 0.25) is 5.91 Å². The number of carbonyl (C=O) groups is 2. The zero-order valence-electron chi connectivity index (χ0n) is 14.0. The minimum Gasteiger partial charge on any atom is -0.496 e. The van der Waals surface area contributed by atoms with Crippen LogP contribution in [0.1, 0.15) is 28.8 Å². The first-order valence-electron chi connectivity index (χ1n) is 7.78. The molecule has 24 heavy (non-hydrogen) atoms. The highest BCUT2D eigenvalue weighted by Gasteiger charge is 2.12. The van der Waals surface area contributed by atoms with E-state index in [0.29, 0.717) is 31.5 Å². The van der Waals surface area contributed by atoms with Gasteiger partial charge in [0.1, 0.15) is 5.75 Å². The van der Waals surface area contributed by atoms with E-state index < -0.39 is 0 Å². The second-order valence-electron chi connectivity index (χ2n) is 5.43. The predicted molar refractivity (Wildman–Crippen MR) is 95.4 cm³/mol. The van der Waals surface area contributed by atoms with Crippen LogP contribution in [0.15, 0.2) is 41.1 Å². The van der Waals surface area contributed by atoms with Crippen molar-refractivity contribution in [3.8, 4) is 5.75 Å².